The second kappa shape index (κ2) is 5.69. The van der Waals surface area contributed by atoms with Gasteiger partial charge in [0.1, 0.15) is 0 Å². The van der Waals surface area contributed by atoms with Crippen LogP contribution in [0.15, 0.2) is 22.7 Å². The highest BCUT2D eigenvalue weighted by Crippen LogP contribution is 2.21. The highest BCUT2D eigenvalue weighted by Gasteiger charge is 2.12. The van der Waals surface area contributed by atoms with Crippen LogP contribution in [0.5, 0.6) is 0 Å². The minimum absolute atomic E-state index is 0.824. The Morgan fingerprint density at radius 3 is 2.81 bits per heavy atom. The minimum atomic E-state index is 0.824. The molecule has 2 rings (SSSR count). The van der Waals surface area contributed by atoms with Gasteiger partial charge in [0.05, 0.1) is 0 Å². The number of piperidine rings is 1. The lowest BCUT2D eigenvalue weighted by molar-refractivity contribution is 0.390. The van der Waals surface area contributed by atoms with E-state index in [1.54, 1.807) is 0 Å². The average molecular weight is 283 g/mol. The van der Waals surface area contributed by atoms with Crippen LogP contribution in [0.1, 0.15) is 18.4 Å². The molecule has 2 N–H and O–H groups in total. The Labute approximate surface area is 106 Å². The van der Waals surface area contributed by atoms with Crippen LogP contribution in [0.2, 0.25) is 0 Å². The topological polar surface area (TPSA) is 24.1 Å². The Morgan fingerprint density at radius 1 is 1.38 bits per heavy atom. The van der Waals surface area contributed by atoms with Crippen molar-refractivity contribution in [1.29, 1.82) is 0 Å². The van der Waals surface area contributed by atoms with E-state index in [1.165, 1.54) is 41.7 Å². The van der Waals surface area contributed by atoms with Gasteiger partial charge in [-0.3, -0.25) is 0 Å². The highest BCUT2D eigenvalue weighted by atomic mass is 79.9. The number of nitrogens with one attached hydrogen (secondary N) is 2. The van der Waals surface area contributed by atoms with Crippen molar-refractivity contribution in [2.45, 2.75) is 19.8 Å². The van der Waals surface area contributed by atoms with Crippen molar-refractivity contribution in [1.82, 2.24) is 5.32 Å². The van der Waals surface area contributed by atoms with E-state index in [0.29, 0.717) is 0 Å². The lowest BCUT2D eigenvalue weighted by Gasteiger charge is -2.23. The van der Waals surface area contributed by atoms with E-state index in [2.05, 4.69) is 51.7 Å². The van der Waals surface area contributed by atoms with Crippen molar-refractivity contribution >= 4 is 21.6 Å². The third kappa shape index (κ3) is 3.22. The normalized spacial score (nSPS) is 17.4. The second-order valence-corrected chi connectivity index (χ2v) is 5.39. The van der Waals surface area contributed by atoms with Gasteiger partial charge >= 0.3 is 0 Å². The molecule has 0 atom stereocenters. The predicted molar refractivity (Wildman–Crippen MR) is 73.0 cm³/mol. The molecule has 1 aromatic carbocycles. The van der Waals surface area contributed by atoms with Crippen molar-refractivity contribution < 1.29 is 0 Å². The van der Waals surface area contributed by atoms with Crippen molar-refractivity contribution in [3.63, 3.8) is 0 Å². The zero-order valence-electron chi connectivity index (χ0n) is 9.72. The maximum absolute atomic E-state index is 3.53. The molecule has 0 radical (unpaired) electrons. The van der Waals surface area contributed by atoms with Gasteiger partial charge < -0.3 is 10.6 Å². The molecule has 1 saturated heterocycles. The van der Waals surface area contributed by atoms with E-state index in [1.807, 2.05) is 0 Å². The Kier molecular flexibility index (Phi) is 4.24. The van der Waals surface area contributed by atoms with Crippen LogP contribution in [0.4, 0.5) is 5.69 Å². The number of hydrogen-bond donors (Lipinski definition) is 2. The molecule has 2 nitrogen and oxygen atoms in total. The van der Waals surface area contributed by atoms with Crippen LogP contribution in [0.25, 0.3) is 0 Å². The number of benzene rings is 1. The van der Waals surface area contributed by atoms with Crippen LogP contribution >= 0.6 is 15.9 Å². The second-order valence-electron chi connectivity index (χ2n) is 4.54. The first-order chi connectivity index (χ1) is 7.75. The highest BCUT2D eigenvalue weighted by molar-refractivity contribution is 9.10. The van der Waals surface area contributed by atoms with Gasteiger partial charge in [0.2, 0.25) is 0 Å². The fraction of sp³-hybridized carbons (Fsp3) is 0.538. The third-order valence-electron chi connectivity index (χ3n) is 3.21. The summed E-state index contributed by atoms with van der Waals surface area (Å²) in [6, 6.07) is 6.45. The lowest BCUT2D eigenvalue weighted by atomic mass is 9.98. The Balaban J connectivity index is 1.86. The summed E-state index contributed by atoms with van der Waals surface area (Å²) in [5.41, 5.74) is 2.52. The molecule has 0 aliphatic carbocycles. The number of halogens is 1. The fourth-order valence-corrected chi connectivity index (χ4v) is 2.35. The number of anilines is 1. The molecular weight excluding hydrogens is 264 g/mol. The van der Waals surface area contributed by atoms with E-state index in [-0.39, 0.29) is 0 Å². The minimum Gasteiger partial charge on any atom is -0.385 e. The molecule has 3 heteroatoms. The maximum Gasteiger partial charge on any atom is 0.0343 e. The van der Waals surface area contributed by atoms with Gasteiger partial charge in [0.25, 0.3) is 0 Å². The molecule has 0 spiro atoms. The SMILES string of the molecule is Cc1cc(NCC2CCNCC2)ccc1Br. The number of aryl methyl sites for hydroxylation is 1. The summed E-state index contributed by atoms with van der Waals surface area (Å²) >= 11 is 3.52. The lowest BCUT2D eigenvalue weighted by Crippen LogP contribution is -2.31. The van der Waals surface area contributed by atoms with Crippen LogP contribution in [-0.2, 0) is 0 Å². The van der Waals surface area contributed by atoms with Gasteiger partial charge in [-0.05, 0) is 62.5 Å². The summed E-state index contributed by atoms with van der Waals surface area (Å²) in [6.45, 7) is 5.57. The average Bonchev–Trinajstić information content (AvgIpc) is 2.32. The van der Waals surface area contributed by atoms with E-state index in [9.17, 15) is 0 Å². The van der Waals surface area contributed by atoms with Crippen molar-refractivity contribution in [3.05, 3.63) is 28.2 Å². The van der Waals surface area contributed by atoms with Crippen LogP contribution in [0.3, 0.4) is 0 Å². The van der Waals surface area contributed by atoms with E-state index in [4.69, 9.17) is 0 Å². The van der Waals surface area contributed by atoms with Crippen LogP contribution in [-0.4, -0.2) is 19.6 Å². The molecule has 1 aliphatic heterocycles. The first-order valence-electron chi connectivity index (χ1n) is 5.96. The van der Waals surface area contributed by atoms with Gasteiger partial charge in [0, 0.05) is 16.7 Å². The quantitative estimate of drug-likeness (QED) is 0.890. The van der Waals surface area contributed by atoms with Gasteiger partial charge in [-0.2, -0.15) is 0 Å². The molecule has 0 saturated carbocycles. The third-order valence-corrected chi connectivity index (χ3v) is 4.10. The zero-order chi connectivity index (χ0) is 11.4. The number of rotatable bonds is 3. The summed E-state index contributed by atoms with van der Waals surface area (Å²) in [5.74, 6) is 0.824. The molecule has 0 amide bonds. The van der Waals surface area contributed by atoms with Crippen molar-refractivity contribution in [3.8, 4) is 0 Å². The predicted octanol–water partition coefficient (Wildman–Crippen LogP) is 3.17. The summed E-state index contributed by atoms with van der Waals surface area (Å²) in [6.07, 6.45) is 2.59. The van der Waals surface area contributed by atoms with Gasteiger partial charge in [-0.1, -0.05) is 15.9 Å². The number of hydrogen-bond acceptors (Lipinski definition) is 2. The summed E-state index contributed by atoms with van der Waals surface area (Å²) in [4.78, 5) is 0. The molecule has 16 heavy (non-hydrogen) atoms. The largest absolute Gasteiger partial charge is 0.385 e. The van der Waals surface area contributed by atoms with Crippen molar-refractivity contribution in [2.75, 3.05) is 25.0 Å². The monoisotopic (exact) mass is 282 g/mol. The Bertz CT molecular complexity index is 346. The van der Waals surface area contributed by atoms with Gasteiger partial charge in [0.15, 0.2) is 0 Å². The van der Waals surface area contributed by atoms with Crippen LogP contribution in [0, 0.1) is 12.8 Å². The summed E-state index contributed by atoms with van der Waals surface area (Å²) in [7, 11) is 0. The van der Waals surface area contributed by atoms with Crippen molar-refractivity contribution in [2.24, 2.45) is 5.92 Å². The molecule has 1 heterocycles. The van der Waals surface area contributed by atoms with Gasteiger partial charge in [-0.15, -0.1) is 0 Å². The Morgan fingerprint density at radius 2 is 2.12 bits per heavy atom. The molecule has 1 aliphatic rings. The molecule has 88 valence electrons. The van der Waals surface area contributed by atoms with E-state index < -0.39 is 0 Å². The molecule has 1 aromatic rings. The van der Waals surface area contributed by atoms with Crippen LogP contribution < -0.4 is 10.6 Å². The standard InChI is InChI=1S/C13H19BrN2/c1-10-8-12(2-3-13(10)14)16-9-11-4-6-15-7-5-11/h2-3,8,11,15-16H,4-7,9H2,1H3. The van der Waals surface area contributed by atoms with E-state index >= 15 is 0 Å². The fourth-order valence-electron chi connectivity index (χ4n) is 2.10. The molecule has 0 unspecified atom stereocenters. The summed E-state index contributed by atoms with van der Waals surface area (Å²) in [5, 5.41) is 6.93. The first-order valence-corrected chi connectivity index (χ1v) is 6.76. The Hall–Kier alpha value is -0.540. The van der Waals surface area contributed by atoms with Gasteiger partial charge in [-0.25, -0.2) is 0 Å². The smallest absolute Gasteiger partial charge is 0.0343 e. The maximum atomic E-state index is 3.53. The molecule has 1 fully saturated rings. The molecule has 0 bridgehead atoms. The molecule has 0 aromatic heterocycles. The summed E-state index contributed by atoms with van der Waals surface area (Å²) < 4.78 is 1.18. The zero-order valence-corrected chi connectivity index (χ0v) is 11.3. The molecular formula is C13H19BrN2. The van der Waals surface area contributed by atoms with E-state index in [0.717, 1.165) is 12.5 Å². The first kappa shape index (κ1) is 11.9.